The van der Waals surface area contributed by atoms with Gasteiger partial charge in [0.2, 0.25) is 11.8 Å². The van der Waals surface area contributed by atoms with Crippen molar-refractivity contribution >= 4 is 40.7 Å². The van der Waals surface area contributed by atoms with Gasteiger partial charge in [-0.1, -0.05) is 40.7 Å². The Balaban J connectivity index is 1.94. The number of thioether (sulfide) groups is 1. The standard InChI is InChI=1S/C26H31FN4O2S2/c1-16(2)13-28-20(32)14-30-21(33)15-35-23(19-7-6-12-34-19)22-24(26(3,4)5)29-31(25(22)30)18-10-8-17(27)9-11-18/h6-12,16,23H,13-15H2,1-5H3,(H,28,32)/t23-/m0/s1. The zero-order chi connectivity index (χ0) is 25.3. The van der Waals surface area contributed by atoms with E-state index >= 15 is 0 Å². The highest BCUT2D eigenvalue weighted by atomic mass is 32.2. The minimum Gasteiger partial charge on any atom is -0.354 e. The zero-order valence-corrected chi connectivity index (χ0v) is 22.3. The van der Waals surface area contributed by atoms with Crippen LogP contribution in [0.4, 0.5) is 10.2 Å². The minimum atomic E-state index is -0.351. The van der Waals surface area contributed by atoms with E-state index in [2.05, 4.69) is 32.2 Å². The van der Waals surface area contributed by atoms with E-state index in [1.54, 1.807) is 44.8 Å². The highest BCUT2D eigenvalue weighted by Crippen LogP contribution is 2.49. The van der Waals surface area contributed by atoms with Gasteiger partial charge in [0.05, 0.1) is 22.4 Å². The van der Waals surface area contributed by atoms with E-state index in [1.165, 1.54) is 12.1 Å². The van der Waals surface area contributed by atoms with Crippen molar-refractivity contribution in [2.24, 2.45) is 5.92 Å². The van der Waals surface area contributed by atoms with Crippen LogP contribution in [0, 0.1) is 11.7 Å². The van der Waals surface area contributed by atoms with Crippen molar-refractivity contribution in [1.82, 2.24) is 15.1 Å². The number of carbonyl (C=O) groups is 2. The summed E-state index contributed by atoms with van der Waals surface area (Å²) in [6.45, 7) is 10.7. The zero-order valence-electron chi connectivity index (χ0n) is 20.7. The van der Waals surface area contributed by atoms with Crippen LogP contribution in [0.1, 0.15) is 56.0 Å². The molecule has 0 aliphatic carbocycles. The Morgan fingerprint density at radius 2 is 1.94 bits per heavy atom. The molecular weight excluding hydrogens is 483 g/mol. The molecule has 2 aromatic heterocycles. The monoisotopic (exact) mass is 514 g/mol. The molecule has 0 fully saturated rings. The molecule has 9 heteroatoms. The number of nitrogens with one attached hydrogen (secondary N) is 1. The summed E-state index contributed by atoms with van der Waals surface area (Å²) >= 11 is 3.20. The average molecular weight is 515 g/mol. The number of anilines is 1. The van der Waals surface area contributed by atoms with E-state index in [1.807, 2.05) is 25.3 Å². The fourth-order valence-electron chi connectivity index (χ4n) is 4.02. The second-order valence-corrected chi connectivity index (χ2v) is 12.2. The number of amides is 2. The van der Waals surface area contributed by atoms with E-state index in [9.17, 15) is 14.0 Å². The summed E-state index contributed by atoms with van der Waals surface area (Å²) in [7, 11) is 0. The van der Waals surface area contributed by atoms with Gasteiger partial charge < -0.3 is 5.32 Å². The van der Waals surface area contributed by atoms with Crippen LogP contribution in [-0.4, -0.2) is 40.4 Å². The summed E-state index contributed by atoms with van der Waals surface area (Å²) in [4.78, 5) is 29.1. The number of hydrogen-bond acceptors (Lipinski definition) is 5. The molecule has 6 nitrogen and oxygen atoms in total. The van der Waals surface area contributed by atoms with Crippen molar-refractivity contribution in [2.75, 3.05) is 23.7 Å². The molecule has 35 heavy (non-hydrogen) atoms. The lowest BCUT2D eigenvalue weighted by molar-refractivity contribution is -0.123. The SMILES string of the molecule is CC(C)CNC(=O)CN1C(=O)CS[C@@H](c2cccs2)c2c(C(C)(C)C)nn(-c3ccc(F)cc3)c21. The van der Waals surface area contributed by atoms with Crippen LogP contribution >= 0.6 is 23.1 Å². The van der Waals surface area contributed by atoms with Crippen molar-refractivity contribution in [3.05, 3.63) is 63.7 Å². The molecule has 0 unspecified atom stereocenters. The Hall–Kier alpha value is -2.65. The van der Waals surface area contributed by atoms with Crippen molar-refractivity contribution in [3.8, 4) is 5.69 Å². The molecule has 1 aliphatic rings. The molecule has 0 saturated heterocycles. The molecule has 3 heterocycles. The van der Waals surface area contributed by atoms with Gasteiger partial charge in [0.15, 0.2) is 0 Å². The smallest absolute Gasteiger partial charge is 0.240 e. The molecule has 0 bridgehead atoms. The van der Waals surface area contributed by atoms with Crippen molar-refractivity contribution in [2.45, 2.75) is 45.3 Å². The van der Waals surface area contributed by atoms with Crippen LogP contribution in [-0.2, 0) is 15.0 Å². The van der Waals surface area contributed by atoms with Crippen LogP contribution < -0.4 is 10.2 Å². The maximum Gasteiger partial charge on any atom is 0.240 e. The van der Waals surface area contributed by atoms with E-state index in [4.69, 9.17) is 5.10 Å². The fraction of sp³-hybridized carbons (Fsp3) is 0.423. The first-order valence-corrected chi connectivity index (χ1v) is 13.6. The number of aromatic nitrogens is 2. The van der Waals surface area contributed by atoms with E-state index in [0.717, 1.165) is 16.1 Å². The van der Waals surface area contributed by atoms with Gasteiger partial charge in [-0.25, -0.2) is 9.07 Å². The quantitative estimate of drug-likeness (QED) is 0.484. The van der Waals surface area contributed by atoms with Gasteiger partial charge in [-0.15, -0.1) is 23.1 Å². The van der Waals surface area contributed by atoms with Crippen LogP contribution in [0.5, 0.6) is 0 Å². The molecule has 186 valence electrons. The fourth-order valence-corrected chi connectivity index (χ4v) is 6.19. The Kier molecular flexibility index (Phi) is 7.38. The predicted octanol–water partition coefficient (Wildman–Crippen LogP) is 5.31. The average Bonchev–Trinajstić information content (AvgIpc) is 3.43. The topological polar surface area (TPSA) is 67.2 Å². The Labute approximate surface area is 213 Å². The van der Waals surface area contributed by atoms with Crippen molar-refractivity contribution in [3.63, 3.8) is 0 Å². The number of halogens is 1. The van der Waals surface area contributed by atoms with Gasteiger partial charge in [-0.2, -0.15) is 5.10 Å². The molecule has 0 spiro atoms. The Morgan fingerprint density at radius 3 is 2.54 bits per heavy atom. The summed E-state index contributed by atoms with van der Waals surface area (Å²) in [5.74, 6) is 0.387. The molecule has 1 atom stereocenters. The molecule has 0 saturated carbocycles. The van der Waals surface area contributed by atoms with Crippen LogP contribution in [0.2, 0.25) is 0 Å². The molecule has 1 aliphatic heterocycles. The number of thiophene rings is 1. The van der Waals surface area contributed by atoms with Gasteiger partial charge >= 0.3 is 0 Å². The number of nitrogens with zero attached hydrogens (tertiary/aromatic N) is 3. The summed E-state index contributed by atoms with van der Waals surface area (Å²) < 4.78 is 15.5. The highest BCUT2D eigenvalue weighted by Gasteiger charge is 2.40. The van der Waals surface area contributed by atoms with Crippen molar-refractivity contribution in [1.29, 1.82) is 0 Å². The summed E-state index contributed by atoms with van der Waals surface area (Å²) in [6, 6.07) is 10.1. The van der Waals surface area contributed by atoms with Crippen molar-refractivity contribution < 1.29 is 14.0 Å². The van der Waals surface area contributed by atoms with Gasteiger partial charge in [-0.3, -0.25) is 14.5 Å². The molecular formula is C26H31FN4O2S2. The third-order valence-corrected chi connectivity index (χ3v) is 8.00. The molecule has 4 rings (SSSR count). The molecule has 2 amide bonds. The first-order chi connectivity index (χ1) is 16.6. The van der Waals surface area contributed by atoms with Gasteiger partial charge in [0.25, 0.3) is 0 Å². The Morgan fingerprint density at radius 1 is 1.23 bits per heavy atom. The summed E-state index contributed by atoms with van der Waals surface area (Å²) in [6.07, 6.45) is 0. The van der Waals surface area contributed by atoms with Crippen LogP contribution in [0.25, 0.3) is 5.69 Å². The molecule has 1 aromatic carbocycles. The summed E-state index contributed by atoms with van der Waals surface area (Å²) in [5, 5.41) is 9.84. The van der Waals surface area contributed by atoms with E-state index in [0.29, 0.717) is 24.0 Å². The number of carbonyl (C=O) groups excluding carboxylic acids is 2. The highest BCUT2D eigenvalue weighted by molar-refractivity contribution is 8.00. The summed E-state index contributed by atoms with van der Waals surface area (Å²) in [5.41, 5.74) is 2.09. The first-order valence-electron chi connectivity index (χ1n) is 11.7. The van der Waals surface area contributed by atoms with Gasteiger partial charge in [0, 0.05) is 22.4 Å². The lowest BCUT2D eigenvalue weighted by atomic mass is 9.88. The predicted molar refractivity (Wildman–Crippen MR) is 141 cm³/mol. The van der Waals surface area contributed by atoms with Gasteiger partial charge in [0.1, 0.15) is 18.2 Å². The molecule has 1 N–H and O–H groups in total. The van der Waals surface area contributed by atoms with Crippen LogP contribution in [0.15, 0.2) is 41.8 Å². The first kappa shape index (κ1) is 25.4. The van der Waals surface area contributed by atoms with Gasteiger partial charge in [-0.05, 0) is 41.6 Å². The number of hydrogen-bond donors (Lipinski definition) is 1. The second kappa shape index (κ2) is 10.1. The molecule has 3 aromatic rings. The number of fused-ring (bicyclic) bond motifs is 1. The number of benzene rings is 1. The Bertz CT molecular complexity index is 1200. The maximum atomic E-state index is 13.8. The third kappa shape index (κ3) is 5.46. The maximum absolute atomic E-state index is 13.8. The number of rotatable bonds is 6. The lowest BCUT2D eigenvalue weighted by Crippen LogP contribution is -2.43. The lowest BCUT2D eigenvalue weighted by Gasteiger charge is -2.24. The van der Waals surface area contributed by atoms with Crippen LogP contribution in [0.3, 0.4) is 0 Å². The van der Waals surface area contributed by atoms with E-state index in [-0.39, 0.29) is 40.6 Å². The second-order valence-electron chi connectivity index (χ2n) is 10.1. The minimum absolute atomic E-state index is 0.104. The largest absolute Gasteiger partial charge is 0.354 e. The third-order valence-electron chi connectivity index (χ3n) is 5.68. The van der Waals surface area contributed by atoms with E-state index < -0.39 is 0 Å². The molecule has 0 radical (unpaired) electrons. The normalized spacial score (nSPS) is 16.4.